The number of carbonyl (C=O) groups is 3. The van der Waals surface area contributed by atoms with Crippen LogP contribution in [0.15, 0.2) is 0 Å². The lowest BCUT2D eigenvalue weighted by Crippen LogP contribution is -2.51. The molecule has 122 valence electrons. The highest BCUT2D eigenvalue weighted by molar-refractivity contribution is 5.87. The van der Waals surface area contributed by atoms with Gasteiger partial charge < -0.3 is 19.9 Å². The number of ether oxygens (including phenoxy) is 2. The van der Waals surface area contributed by atoms with E-state index in [1.165, 1.54) is 6.92 Å². The van der Waals surface area contributed by atoms with Gasteiger partial charge in [-0.1, -0.05) is 0 Å². The Hall–Kier alpha value is -1.79. The van der Waals surface area contributed by atoms with Crippen molar-refractivity contribution in [1.29, 1.82) is 0 Å². The van der Waals surface area contributed by atoms with E-state index in [1.807, 2.05) is 0 Å². The zero-order valence-corrected chi connectivity index (χ0v) is 13.6. The first-order chi connectivity index (χ1) is 9.23. The number of aliphatic carboxylic acids is 1. The molecule has 2 N–H and O–H groups in total. The van der Waals surface area contributed by atoms with E-state index in [2.05, 4.69) is 5.32 Å². The second kappa shape index (κ2) is 6.78. The third kappa shape index (κ3) is 8.16. The van der Waals surface area contributed by atoms with Crippen LogP contribution in [0.25, 0.3) is 0 Å². The van der Waals surface area contributed by atoms with Crippen molar-refractivity contribution in [2.75, 3.05) is 0 Å². The van der Waals surface area contributed by atoms with Crippen LogP contribution in [0.3, 0.4) is 0 Å². The van der Waals surface area contributed by atoms with Crippen LogP contribution in [-0.4, -0.2) is 40.4 Å². The molecule has 0 saturated carbocycles. The average Bonchev–Trinajstić information content (AvgIpc) is 2.19. The SMILES string of the molecule is C[C@H](C(=O)O)[C@H](NC(=O)OC(C)(C)C)C(=O)OC(C)(C)C. The third-order valence-electron chi connectivity index (χ3n) is 2.22. The lowest BCUT2D eigenvalue weighted by atomic mass is 10.0. The van der Waals surface area contributed by atoms with E-state index >= 15 is 0 Å². The number of carboxylic acids is 1. The van der Waals surface area contributed by atoms with Crippen molar-refractivity contribution in [3.8, 4) is 0 Å². The van der Waals surface area contributed by atoms with Gasteiger partial charge in [0.1, 0.15) is 17.2 Å². The molecular weight excluding hydrogens is 278 g/mol. The van der Waals surface area contributed by atoms with Gasteiger partial charge in [0.05, 0.1) is 5.92 Å². The molecule has 0 heterocycles. The highest BCUT2D eigenvalue weighted by Gasteiger charge is 2.36. The summed E-state index contributed by atoms with van der Waals surface area (Å²) < 4.78 is 10.2. The summed E-state index contributed by atoms with van der Waals surface area (Å²) in [4.78, 5) is 34.9. The Morgan fingerprint density at radius 2 is 1.38 bits per heavy atom. The van der Waals surface area contributed by atoms with E-state index in [9.17, 15) is 14.4 Å². The van der Waals surface area contributed by atoms with E-state index in [4.69, 9.17) is 14.6 Å². The lowest BCUT2D eigenvalue weighted by molar-refractivity contribution is -0.162. The molecule has 2 atom stereocenters. The zero-order valence-electron chi connectivity index (χ0n) is 13.6. The minimum atomic E-state index is -1.32. The Balaban J connectivity index is 5.04. The van der Waals surface area contributed by atoms with Gasteiger partial charge in [-0.05, 0) is 48.5 Å². The second-order valence-electron chi connectivity index (χ2n) is 6.78. The minimum Gasteiger partial charge on any atom is -0.481 e. The summed E-state index contributed by atoms with van der Waals surface area (Å²) in [6.45, 7) is 11.3. The quantitative estimate of drug-likeness (QED) is 0.769. The van der Waals surface area contributed by atoms with E-state index in [0.717, 1.165) is 0 Å². The highest BCUT2D eigenvalue weighted by Crippen LogP contribution is 2.14. The molecule has 0 rings (SSSR count). The highest BCUT2D eigenvalue weighted by atomic mass is 16.6. The van der Waals surface area contributed by atoms with Crippen LogP contribution in [0.2, 0.25) is 0 Å². The number of esters is 1. The molecule has 0 aliphatic heterocycles. The van der Waals surface area contributed by atoms with Crippen LogP contribution in [0.5, 0.6) is 0 Å². The third-order valence-corrected chi connectivity index (χ3v) is 2.22. The van der Waals surface area contributed by atoms with Gasteiger partial charge in [-0.3, -0.25) is 4.79 Å². The van der Waals surface area contributed by atoms with Crippen molar-refractivity contribution in [1.82, 2.24) is 5.32 Å². The molecule has 0 aromatic carbocycles. The van der Waals surface area contributed by atoms with Crippen LogP contribution in [0.4, 0.5) is 4.79 Å². The molecule has 0 aliphatic rings. The largest absolute Gasteiger partial charge is 0.481 e. The predicted octanol–water partition coefficient (Wildman–Crippen LogP) is 1.94. The van der Waals surface area contributed by atoms with Gasteiger partial charge in [-0.2, -0.15) is 0 Å². The Kier molecular flexibility index (Phi) is 6.20. The molecule has 0 bridgehead atoms. The summed E-state index contributed by atoms with van der Waals surface area (Å²) in [6.07, 6.45) is -0.869. The number of rotatable bonds is 4. The number of amides is 1. The fourth-order valence-electron chi connectivity index (χ4n) is 1.33. The van der Waals surface area contributed by atoms with Gasteiger partial charge in [0, 0.05) is 0 Å². The summed E-state index contributed by atoms with van der Waals surface area (Å²) in [7, 11) is 0. The molecule has 7 nitrogen and oxygen atoms in total. The van der Waals surface area contributed by atoms with Crippen molar-refractivity contribution in [3.05, 3.63) is 0 Å². The van der Waals surface area contributed by atoms with Gasteiger partial charge >= 0.3 is 18.0 Å². The summed E-state index contributed by atoms with van der Waals surface area (Å²) in [5.74, 6) is -3.18. The molecule has 0 saturated heterocycles. The Morgan fingerprint density at radius 1 is 0.952 bits per heavy atom. The Bertz CT molecular complexity index is 405. The second-order valence-corrected chi connectivity index (χ2v) is 6.78. The Labute approximate surface area is 125 Å². The number of hydrogen-bond donors (Lipinski definition) is 2. The molecule has 0 aromatic heterocycles. The minimum absolute atomic E-state index is 0.755. The normalized spacial score (nSPS) is 14.8. The number of alkyl carbamates (subject to hydrolysis) is 1. The molecule has 0 radical (unpaired) electrons. The standard InChI is InChI=1S/C14H25NO6/c1-8(10(16)17)9(11(18)20-13(2,3)4)15-12(19)21-14(5,6)7/h8-9H,1-7H3,(H,15,19)(H,16,17)/t8-,9-/m0/s1. The molecule has 1 amide bonds. The van der Waals surface area contributed by atoms with Crippen molar-refractivity contribution in [2.45, 2.75) is 65.7 Å². The van der Waals surface area contributed by atoms with E-state index in [1.54, 1.807) is 41.5 Å². The number of hydrogen-bond acceptors (Lipinski definition) is 5. The lowest BCUT2D eigenvalue weighted by Gasteiger charge is -2.27. The fourth-order valence-corrected chi connectivity index (χ4v) is 1.33. The smallest absolute Gasteiger partial charge is 0.408 e. The molecular formula is C14H25NO6. The van der Waals surface area contributed by atoms with Crippen LogP contribution in [0.1, 0.15) is 48.5 Å². The van der Waals surface area contributed by atoms with Crippen LogP contribution < -0.4 is 5.32 Å². The summed E-state index contributed by atoms with van der Waals surface area (Å²) >= 11 is 0. The molecule has 21 heavy (non-hydrogen) atoms. The monoisotopic (exact) mass is 303 g/mol. The predicted molar refractivity (Wildman–Crippen MR) is 75.8 cm³/mol. The van der Waals surface area contributed by atoms with Crippen LogP contribution in [-0.2, 0) is 19.1 Å². The van der Waals surface area contributed by atoms with Crippen molar-refractivity contribution in [3.63, 3.8) is 0 Å². The van der Waals surface area contributed by atoms with Gasteiger partial charge in [0.15, 0.2) is 0 Å². The van der Waals surface area contributed by atoms with Crippen molar-refractivity contribution < 1.29 is 29.0 Å². The molecule has 0 spiro atoms. The maximum Gasteiger partial charge on any atom is 0.408 e. The van der Waals surface area contributed by atoms with Crippen molar-refractivity contribution in [2.24, 2.45) is 5.92 Å². The van der Waals surface area contributed by atoms with Crippen molar-refractivity contribution >= 4 is 18.0 Å². The first-order valence-corrected chi connectivity index (χ1v) is 6.68. The van der Waals surface area contributed by atoms with Gasteiger partial charge in [0.2, 0.25) is 0 Å². The Morgan fingerprint density at radius 3 is 1.71 bits per heavy atom. The average molecular weight is 303 g/mol. The maximum absolute atomic E-state index is 12.1. The molecule has 0 fully saturated rings. The summed E-state index contributed by atoms with van der Waals surface area (Å²) in [5, 5.41) is 11.3. The number of carbonyl (C=O) groups excluding carboxylic acids is 2. The van der Waals surface area contributed by atoms with Gasteiger partial charge in [-0.15, -0.1) is 0 Å². The van der Waals surface area contributed by atoms with Crippen LogP contribution in [0, 0.1) is 5.92 Å². The van der Waals surface area contributed by atoms with Crippen LogP contribution >= 0.6 is 0 Å². The molecule has 0 unspecified atom stereocenters. The van der Waals surface area contributed by atoms with Gasteiger partial charge in [-0.25, -0.2) is 9.59 Å². The molecule has 0 aliphatic carbocycles. The van der Waals surface area contributed by atoms with E-state index in [-0.39, 0.29) is 0 Å². The topological polar surface area (TPSA) is 102 Å². The number of carboxylic acid groups (broad SMARTS) is 1. The fraction of sp³-hybridized carbons (Fsp3) is 0.786. The van der Waals surface area contributed by atoms with E-state index in [0.29, 0.717) is 0 Å². The van der Waals surface area contributed by atoms with Gasteiger partial charge in [0.25, 0.3) is 0 Å². The first-order valence-electron chi connectivity index (χ1n) is 6.68. The summed E-state index contributed by atoms with van der Waals surface area (Å²) in [5.41, 5.74) is -1.54. The maximum atomic E-state index is 12.1. The number of nitrogens with one attached hydrogen (secondary N) is 1. The van der Waals surface area contributed by atoms with E-state index < -0.39 is 41.2 Å². The molecule has 0 aromatic rings. The summed E-state index contributed by atoms with van der Waals surface area (Å²) in [6, 6.07) is -1.32. The zero-order chi connectivity index (χ0) is 17.0. The molecule has 7 heteroatoms. The first kappa shape index (κ1) is 19.2.